The molecule has 0 amide bonds. The van der Waals surface area contributed by atoms with E-state index < -0.39 is 137 Å². The van der Waals surface area contributed by atoms with E-state index >= 15 is 0 Å². The molecule has 3 aromatic carbocycles. The summed E-state index contributed by atoms with van der Waals surface area (Å²) in [6.07, 6.45) is -10.3. The predicted molar refractivity (Wildman–Crippen MR) is 145 cm³/mol. The minimum atomic E-state index is -5.17. The number of nitriles is 2. The van der Waals surface area contributed by atoms with Crippen LogP contribution >= 0.6 is 0 Å². The van der Waals surface area contributed by atoms with Gasteiger partial charge in [-0.1, -0.05) is 0 Å². The largest absolute Gasteiger partial charge is 0.430 e. The third kappa shape index (κ3) is 5.67. The Morgan fingerprint density at radius 3 is 1.38 bits per heavy atom. The Kier molecular flexibility index (Phi) is 7.63. The van der Waals surface area contributed by atoms with Gasteiger partial charge in [0.2, 0.25) is 17.5 Å². The fourth-order valence-electron chi connectivity index (χ4n) is 4.83. The number of halogens is 12. The second-order valence-corrected chi connectivity index (χ2v) is 10.5. The summed E-state index contributed by atoms with van der Waals surface area (Å²) in [6, 6.07) is 4.38. The molecule has 2 aliphatic heterocycles. The number of rotatable bonds is 3. The zero-order valence-electron chi connectivity index (χ0n) is 24.7. The first-order valence-corrected chi connectivity index (χ1v) is 13.8. The summed E-state index contributed by atoms with van der Waals surface area (Å²) in [4.78, 5) is 30.4. The molecule has 0 saturated heterocycles. The maximum Gasteiger partial charge on any atom is 0.419 e. The van der Waals surface area contributed by atoms with Crippen LogP contribution in [0.15, 0.2) is 60.3 Å². The van der Waals surface area contributed by atoms with Gasteiger partial charge in [0, 0.05) is 12.1 Å². The van der Waals surface area contributed by atoms with Gasteiger partial charge in [0.1, 0.15) is 34.9 Å². The quantitative estimate of drug-likeness (QED) is 0.110. The number of benzene rings is 3. The monoisotopic (exact) mass is 748 g/mol. The number of allylic oxidation sites excluding steroid dienone is 2. The van der Waals surface area contributed by atoms with Gasteiger partial charge in [0.25, 0.3) is 5.89 Å². The topological polar surface area (TPSA) is 162 Å². The molecular formula is C30H4F12N10O. The van der Waals surface area contributed by atoms with Gasteiger partial charge >= 0.3 is 12.4 Å². The lowest BCUT2D eigenvalue weighted by Crippen LogP contribution is -2.26. The molecular weight excluding hydrogens is 744 g/mol. The van der Waals surface area contributed by atoms with Gasteiger partial charge in [0.05, 0.1) is 32.6 Å². The fourth-order valence-corrected chi connectivity index (χ4v) is 4.83. The summed E-state index contributed by atoms with van der Waals surface area (Å²) in [5.41, 5.74) is -7.67. The zero-order chi connectivity index (χ0) is 38.3. The summed E-state index contributed by atoms with van der Waals surface area (Å²) >= 11 is 0. The molecule has 23 heteroatoms. The maximum atomic E-state index is 14.5. The highest BCUT2D eigenvalue weighted by Crippen LogP contribution is 2.33. The molecule has 53 heavy (non-hydrogen) atoms. The first-order valence-electron chi connectivity index (χ1n) is 13.8. The van der Waals surface area contributed by atoms with E-state index in [1.54, 1.807) is 12.1 Å². The highest BCUT2D eigenvalue weighted by atomic mass is 19.4. The maximum absolute atomic E-state index is 14.5. The van der Waals surface area contributed by atoms with Crippen LogP contribution in [0.2, 0.25) is 0 Å². The van der Waals surface area contributed by atoms with E-state index in [2.05, 4.69) is 39.9 Å². The van der Waals surface area contributed by atoms with E-state index in [9.17, 15) is 63.2 Å². The SMILES string of the molecule is N#C/C(=C1\N=c2cc(F)c(C(F)(F)F)cc2=N1)c1nc(/C(C#N)=C2/N=c3cc(F)c(C(F)(F)F)cc3=N2)nc(-c2nc3c(F)c(F)c(F)c(F)c3o2)n1. The molecule has 0 aliphatic carbocycles. The van der Waals surface area contributed by atoms with E-state index in [4.69, 9.17) is 4.42 Å². The van der Waals surface area contributed by atoms with Gasteiger partial charge in [-0.15, -0.1) is 0 Å². The van der Waals surface area contributed by atoms with Crippen LogP contribution < -0.4 is 21.4 Å². The van der Waals surface area contributed by atoms with E-state index in [0.29, 0.717) is 12.1 Å². The minimum absolute atomic E-state index is 0.284. The summed E-state index contributed by atoms with van der Waals surface area (Å²) in [5.74, 6) is -17.4. The summed E-state index contributed by atoms with van der Waals surface area (Å²) in [7, 11) is 0. The summed E-state index contributed by atoms with van der Waals surface area (Å²) < 4.78 is 170. The number of nitrogens with zero attached hydrogens (tertiary/aromatic N) is 10. The first-order chi connectivity index (χ1) is 24.9. The van der Waals surface area contributed by atoms with Crippen molar-refractivity contribution in [2.75, 3.05) is 0 Å². The Labute approximate surface area is 281 Å². The van der Waals surface area contributed by atoms with Crippen molar-refractivity contribution >= 4 is 22.2 Å². The van der Waals surface area contributed by atoms with Crippen molar-refractivity contribution in [3.8, 4) is 23.9 Å². The normalized spacial score (nSPS) is 15.4. The second-order valence-electron chi connectivity index (χ2n) is 10.5. The van der Waals surface area contributed by atoms with Crippen LogP contribution in [0, 0.1) is 57.6 Å². The molecule has 4 heterocycles. The number of hydrogen-bond donors (Lipinski definition) is 0. The van der Waals surface area contributed by atoms with Crippen molar-refractivity contribution < 1.29 is 57.1 Å². The standard InChI is InChI=1S/C30H4F12N10O/c31-11-3-15-13(1-9(11)29(37,38)39)45-23(47-15)7(5-43)25-50-26(8(6-44)24-46-14-2-10(30(40,41)42)12(32)4-16(14)48-24)52-27(51-25)28-49-21-19(35)17(33)18(34)20(36)22(21)53-28/h1-4H/b23-7+,24-8+. The summed E-state index contributed by atoms with van der Waals surface area (Å²) in [5, 5.41) is 18.0. The molecule has 2 aliphatic rings. The van der Waals surface area contributed by atoms with Crippen molar-refractivity contribution in [1.82, 2.24) is 19.9 Å². The lowest BCUT2D eigenvalue weighted by Gasteiger charge is -2.06. The third-order valence-electron chi connectivity index (χ3n) is 7.20. The molecule has 11 nitrogen and oxygen atoms in total. The molecule has 0 radical (unpaired) electrons. The summed E-state index contributed by atoms with van der Waals surface area (Å²) in [6.45, 7) is 0. The Morgan fingerprint density at radius 2 is 0.962 bits per heavy atom. The van der Waals surface area contributed by atoms with Crippen molar-refractivity contribution in [2.24, 2.45) is 20.0 Å². The molecule has 0 bridgehead atoms. The van der Waals surface area contributed by atoms with Crippen LogP contribution in [0.4, 0.5) is 52.7 Å². The van der Waals surface area contributed by atoms with Crippen molar-refractivity contribution in [3.05, 3.63) is 115 Å². The number of aromatic nitrogens is 4. The average molecular weight is 748 g/mol. The van der Waals surface area contributed by atoms with Crippen molar-refractivity contribution in [3.63, 3.8) is 0 Å². The molecule has 264 valence electrons. The number of fused-ring (bicyclic) bond motifs is 3. The van der Waals surface area contributed by atoms with E-state index in [0.717, 1.165) is 0 Å². The average Bonchev–Trinajstić information content (AvgIpc) is 3.82. The van der Waals surface area contributed by atoms with E-state index in [1.165, 1.54) is 0 Å². The highest BCUT2D eigenvalue weighted by molar-refractivity contribution is 5.81. The van der Waals surface area contributed by atoms with Gasteiger partial charge in [0.15, 0.2) is 46.0 Å². The fraction of sp³-hybridized carbons (Fsp3) is 0.0667. The third-order valence-corrected chi connectivity index (χ3v) is 7.20. The number of hydrogen-bond acceptors (Lipinski definition) is 11. The molecule has 5 aromatic rings. The molecule has 0 unspecified atom stereocenters. The van der Waals surface area contributed by atoms with Crippen LogP contribution in [0.25, 0.3) is 34.0 Å². The lowest BCUT2D eigenvalue weighted by atomic mass is 10.2. The molecule has 0 N–H and O–H groups in total. The van der Waals surface area contributed by atoms with Gasteiger partial charge in [-0.3, -0.25) is 0 Å². The van der Waals surface area contributed by atoms with E-state index in [1.807, 2.05) is 0 Å². The van der Waals surface area contributed by atoms with Crippen LogP contribution in [0.1, 0.15) is 22.8 Å². The Morgan fingerprint density at radius 1 is 0.547 bits per heavy atom. The number of oxazole rings is 1. The molecule has 0 saturated carbocycles. The molecule has 7 rings (SSSR count). The van der Waals surface area contributed by atoms with E-state index in [-0.39, 0.29) is 12.1 Å². The predicted octanol–water partition coefficient (Wildman–Crippen LogP) is 4.84. The highest BCUT2D eigenvalue weighted by Gasteiger charge is 2.36. The molecule has 0 spiro atoms. The minimum Gasteiger partial charge on any atom is -0.430 e. The van der Waals surface area contributed by atoms with Gasteiger partial charge in [-0.2, -0.15) is 41.3 Å². The molecule has 2 aromatic heterocycles. The van der Waals surface area contributed by atoms with Crippen LogP contribution in [0.3, 0.4) is 0 Å². The van der Waals surface area contributed by atoms with Gasteiger partial charge in [-0.05, 0) is 12.1 Å². The van der Waals surface area contributed by atoms with Gasteiger partial charge in [-0.25, -0.2) is 61.9 Å². The van der Waals surface area contributed by atoms with Crippen LogP contribution in [-0.2, 0) is 12.4 Å². The zero-order valence-corrected chi connectivity index (χ0v) is 24.7. The first kappa shape index (κ1) is 34.4. The molecule has 0 fully saturated rings. The Balaban J connectivity index is 1.49. The Hall–Kier alpha value is -7.04. The van der Waals surface area contributed by atoms with Gasteiger partial charge < -0.3 is 4.42 Å². The lowest BCUT2D eigenvalue weighted by molar-refractivity contribution is -0.140. The van der Waals surface area contributed by atoms with Crippen molar-refractivity contribution in [1.29, 1.82) is 10.5 Å². The number of alkyl halides is 6. The van der Waals surface area contributed by atoms with Crippen LogP contribution in [-0.4, -0.2) is 19.9 Å². The Bertz CT molecular complexity index is 2730. The second kappa shape index (κ2) is 11.8. The van der Waals surface area contributed by atoms with Crippen molar-refractivity contribution in [2.45, 2.75) is 12.4 Å². The molecule has 0 atom stereocenters. The smallest absolute Gasteiger partial charge is 0.419 e. The van der Waals surface area contributed by atoms with Crippen LogP contribution in [0.5, 0.6) is 0 Å².